The third-order valence-electron chi connectivity index (χ3n) is 3.26. The molecule has 0 aliphatic carbocycles. The monoisotopic (exact) mass is 324 g/mol. The molecule has 1 heterocycles. The predicted octanol–water partition coefficient (Wildman–Crippen LogP) is 1.59. The number of carbonyl (C=O) groups excluding carboxylic acids is 2. The summed E-state index contributed by atoms with van der Waals surface area (Å²) in [6, 6.07) is 0. The van der Waals surface area contributed by atoms with E-state index in [0.29, 0.717) is 25.1 Å². The fraction of sp³-hybridized carbons (Fsp3) is 0.562. The number of carboxylic acid groups (broad SMARTS) is 1. The SMILES string of the molecule is CCCNC(=O)CN(CCC)C(=O)c1c(C)coc1CC(=O)O. The summed E-state index contributed by atoms with van der Waals surface area (Å²) < 4.78 is 5.20. The smallest absolute Gasteiger partial charge is 0.311 e. The Bertz CT molecular complexity index is 565. The number of furan rings is 1. The van der Waals surface area contributed by atoms with E-state index < -0.39 is 5.97 Å². The molecule has 1 aromatic heterocycles. The Kier molecular flexibility index (Phi) is 7.31. The largest absolute Gasteiger partial charge is 0.481 e. The molecule has 1 aromatic rings. The van der Waals surface area contributed by atoms with Crippen LogP contribution in [0.15, 0.2) is 10.7 Å². The topological polar surface area (TPSA) is 99.9 Å². The molecule has 0 aliphatic heterocycles. The zero-order chi connectivity index (χ0) is 17.4. The van der Waals surface area contributed by atoms with Crippen molar-refractivity contribution in [3.8, 4) is 0 Å². The van der Waals surface area contributed by atoms with Crippen LogP contribution in [0.4, 0.5) is 0 Å². The number of aliphatic carboxylic acids is 1. The second-order valence-corrected chi connectivity index (χ2v) is 5.36. The summed E-state index contributed by atoms with van der Waals surface area (Å²) >= 11 is 0. The van der Waals surface area contributed by atoms with Crippen molar-refractivity contribution in [2.24, 2.45) is 0 Å². The molecule has 2 N–H and O–H groups in total. The van der Waals surface area contributed by atoms with Crippen LogP contribution in [-0.4, -0.2) is 47.4 Å². The number of hydrogen-bond donors (Lipinski definition) is 2. The van der Waals surface area contributed by atoms with Gasteiger partial charge in [0, 0.05) is 18.7 Å². The van der Waals surface area contributed by atoms with E-state index in [1.165, 1.54) is 11.2 Å². The fourth-order valence-corrected chi connectivity index (χ4v) is 2.23. The highest BCUT2D eigenvalue weighted by molar-refractivity contribution is 5.99. The molecule has 0 spiro atoms. The van der Waals surface area contributed by atoms with Gasteiger partial charge in [0.15, 0.2) is 0 Å². The van der Waals surface area contributed by atoms with E-state index in [2.05, 4.69) is 5.32 Å². The van der Waals surface area contributed by atoms with Gasteiger partial charge in [-0.2, -0.15) is 0 Å². The maximum Gasteiger partial charge on any atom is 0.311 e. The molecule has 0 bridgehead atoms. The quantitative estimate of drug-likeness (QED) is 0.718. The summed E-state index contributed by atoms with van der Waals surface area (Å²) in [6.07, 6.45) is 2.51. The molecule has 7 nitrogen and oxygen atoms in total. The van der Waals surface area contributed by atoms with Crippen molar-refractivity contribution in [2.75, 3.05) is 19.6 Å². The molecule has 0 atom stereocenters. The third kappa shape index (κ3) is 5.43. The molecule has 128 valence electrons. The van der Waals surface area contributed by atoms with Crippen LogP contribution in [0, 0.1) is 6.92 Å². The van der Waals surface area contributed by atoms with Crippen LogP contribution in [-0.2, 0) is 16.0 Å². The average molecular weight is 324 g/mol. The molecule has 23 heavy (non-hydrogen) atoms. The predicted molar refractivity (Wildman–Crippen MR) is 84.3 cm³/mol. The van der Waals surface area contributed by atoms with Crippen LogP contribution in [0.2, 0.25) is 0 Å². The molecule has 7 heteroatoms. The van der Waals surface area contributed by atoms with Crippen molar-refractivity contribution in [1.82, 2.24) is 10.2 Å². The molecule has 0 radical (unpaired) electrons. The first-order chi connectivity index (χ1) is 10.9. The lowest BCUT2D eigenvalue weighted by molar-refractivity contribution is -0.136. The Labute approximate surface area is 135 Å². The first kappa shape index (κ1) is 18.7. The summed E-state index contributed by atoms with van der Waals surface area (Å²) in [5, 5.41) is 11.7. The fourth-order valence-electron chi connectivity index (χ4n) is 2.23. The average Bonchev–Trinajstić information content (AvgIpc) is 2.84. The molecule has 0 aliphatic rings. The van der Waals surface area contributed by atoms with Gasteiger partial charge in [-0.3, -0.25) is 14.4 Å². The van der Waals surface area contributed by atoms with E-state index in [9.17, 15) is 14.4 Å². The van der Waals surface area contributed by atoms with Gasteiger partial charge in [0.05, 0.1) is 18.4 Å². The highest BCUT2D eigenvalue weighted by atomic mass is 16.4. The first-order valence-electron chi connectivity index (χ1n) is 7.75. The second kappa shape index (κ2) is 8.97. The Balaban J connectivity index is 2.95. The van der Waals surface area contributed by atoms with Gasteiger partial charge in [-0.25, -0.2) is 0 Å². The summed E-state index contributed by atoms with van der Waals surface area (Å²) in [6.45, 7) is 6.46. The van der Waals surface area contributed by atoms with Crippen LogP contribution >= 0.6 is 0 Å². The Morgan fingerprint density at radius 3 is 2.52 bits per heavy atom. The zero-order valence-corrected chi connectivity index (χ0v) is 13.8. The molecule has 1 rings (SSSR count). The molecule has 0 saturated carbocycles. The normalized spacial score (nSPS) is 10.4. The number of nitrogens with one attached hydrogen (secondary N) is 1. The highest BCUT2D eigenvalue weighted by Crippen LogP contribution is 2.20. The van der Waals surface area contributed by atoms with Crippen LogP contribution in [0.25, 0.3) is 0 Å². The first-order valence-corrected chi connectivity index (χ1v) is 7.75. The van der Waals surface area contributed by atoms with E-state index in [1.54, 1.807) is 6.92 Å². The number of aryl methyl sites for hydroxylation is 1. The van der Waals surface area contributed by atoms with Gasteiger partial charge < -0.3 is 19.7 Å². The number of nitrogens with zero attached hydrogens (tertiary/aromatic N) is 1. The number of carboxylic acids is 1. The molecular formula is C16H24N2O5. The minimum Gasteiger partial charge on any atom is -0.481 e. The van der Waals surface area contributed by atoms with E-state index >= 15 is 0 Å². The molecule has 0 fully saturated rings. The zero-order valence-electron chi connectivity index (χ0n) is 13.8. The van der Waals surface area contributed by atoms with Gasteiger partial charge in [-0.05, 0) is 19.8 Å². The highest BCUT2D eigenvalue weighted by Gasteiger charge is 2.25. The van der Waals surface area contributed by atoms with Crippen molar-refractivity contribution < 1.29 is 23.9 Å². The molecular weight excluding hydrogens is 300 g/mol. The molecule has 0 aromatic carbocycles. The number of rotatable bonds is 9. The minimum absolute atomic E-state index is 0.0518. The van der Waals surface area contributed by atoms with Crippen molar-refractivity contribution in [1.29, 1.82) is 0 Å². The number of carbonyl (C=O) groups is 3. The number of amides is 2. The van der Waals surface area contributed by atoms with E-state index in [1.807, 2.05) is 13.8 Å². The van der Waals surface area contributed by atoms with Crippen LogP contribution in [0.3, 0.4) is 0 Å². The van der Waals surface area contributed by atoms with E-state index in [-0.39, 0.29) is 36.1 Å². The second-order valence-electron chi connectivity index (χ2n) is 5.36. The Morgan fingerprint density at radius 1 is 1.26 bits per heavy atom. The van der Waals surface area contributed by atoms with Crippen molar-refractivity contribution in [3.63, 3.8) is 0 Å². The van der Waals surface area contributed by atoms with Crippen LogP contribution < -0.4 is 5.32 Å². The van der Waals surface area contributed by atoms with Gasteiger partial charge in [-0.15, -0.1) is 0 Å². The van der Waals surface area contributed by atoms with Gasteiger partial charge in [0.25, 0.3) is 5.91 Å². The van der Waals surface area contributed by atoms with Gasteiger partial charge >= 0.3 is 5.97 Å². The van der Waals surface area contributed by atoms with Gasteiger partial charge in [0.2, 0.25) is 5.91 Å². The lowest BCUT2D eigenvalue weighted by atomic mass is 10.1. The van der Waals surface area contributed by atoms with E-state index in [0.717, 1.165) is 6.42 Å². The van der Waals surface area contributed by atoms with Crippen LogP contribution in [0.1, 0.15) is 48.4 Å². The van der Waals surface area contributed by atoms with Crippen molar-refractivity contribution in [2.45, 2.75) is 40.0 Å². The molecule has 0 saturated heterocycles. The standard InChI is InChI=1S/C16H24N2O5/c1-4-6-17-13(19)9-18(7-5-2)16(22)15-11(3)10-23-12(15)8-14(20)21/h10H,4-9H2,1-3H3,(H,17,19)(H,20,21). The molecule has 2 amide bonds. The summed E-state index contributed by atoms with van der Waals surface area (Å²) in [7, 11) is 0. The maximum atomic E-state index is 12.7. The van der Waals surface area contributed by atoms with Crippen molar-refractivity contribution in [3.05, 3.63) is 23.2 Å². The van der Waals surface area contributed by atoms with Crippen molar-refractivity contribution >= 4 is 17.8 Å². The van der Waals surface area contributed by atoms with Crippen LogP contribution in [0.5, 0.6) is 0 Å². The minimum atomic E-state index is -1.07. The lowest BCUT2D eigenvalue weighted by Crippen LogP contribution is -2.41. The number of hydrogen-bond acceptors (Lipinski definition) is 4. The summed E-state index contributed by atoms with van der Waals surface area (Å²) in [5.74, 6) is -1.55. The lowest BCUT2D eigenvalue weighted by Gasteiger charge is -2.22. The summed E-state index contributed by atoms with van der Waals surface area (Å²) in [4.78, 5) is 36.9. The Hall–Kier alpha value is -2.31. The third-order valence-corrected chi connectivity index (χ3v) is 3.26. The molecule has 0 unspecified atom stereocenters. The van der Waals surface area contributed by atoms with Gasteiger partial charge in [0.1, 0.15) is 12.2 Å². The summed E-state index contributed by atoms with van der Waals surface area (Å²) in [5.41, 5.74) is 0.811. The Morgan fingerprint density at radius 2 is 1.96 bits per heavy atom. The van der Waals surface area contributed by atoms with E-state index in [4.69, 9.17) is 9.52 Å². The van der Waals surface area contributed by atoms with Gasteiger partial charge in [-0.1, -0.05) is 13.8 Å². The maximum absolute atomic E-state index is 12.7.